The van der Waals surface area contributed by atoms with Crippen molar-refractivity contribution in [1.29, 1.82) is 0 Å². The molecular formula is C84H62N4. The van der Waals surface area contributed by atoms with E-state index in [1.807, 2.05) is 0 Å². The van der Waals surface area contributed by atoms with Gasteiger partial charge in [0.25, 0.3) is 0 Å². The summed E-state index contributed by atoms with van der Waals surface area (Å²) in [5.41, 5.74) is 26.1. The van der Waals surface area contributed by atoms with Gasteiger partial charge in [0.15, 0.2) is 0 Å². The molecule has 88 heavy (non-hydrogen) atoms. The molecule has 13 aromatic carbocycles. The number of aromatic nitrogens is 2. The number of hydrogen-bond acceptors (Lipinski definition) is 2. The molecule has 4 nitrogen and oxygen atoms in total. The molecule has 0 aliphatic carbocycles. The number of nitrogens with zero attached hydrogens (tertiary/aromatic N) is 4. The van der Waals surface area contributed by atoms with E-state index >= 15 is 0 Å². The summed E-state index contributed by atoms with van der Waals surface area (Å²) >= 11 is 0. The van der Waals surface area contributed by atoms with E-state index in [1.165, 1.54) is 132 Å². The number of para-hydroxylation sites is 2. The monoisotopic (exact) mass is 1130 g/mol. The molecule has 0 fully saturated rings. The second-order valence-electron chi connectivity index (χ2n) is 24.4. The van der Waals surface area contributed by atoms with Crippen molar-refractivity contribution >= 4 is 110 Å². The van der Waals surface area contributed by atoms with Gasteiger partial charge in [0.1, 0.15) is 0 Å². The van der Waals surface area contributed by atoms with Crippen molar-refractivity contribution in [2.75, 3.05) is 9.80 Å². The quantitative estimate of drug-likeness (QED) is 0.121. The topological polar surface area (TPSA) is 15.3 Å². The van der Waals surface area contributed by atoms with Crippen molar-refractivity contribution in [1.82, 2.24) is 8.80 Å². The summed E-state index contributed by atoms with van der Waals surface area (Å²) in [6.45, 7) is 9.20. The highest BCUT2D eigenvalue weighted by molar-refractivity contribution is 6.32. The summed E-state index contributed by atoms with van der Waals surface area (Å²) in [6.07, 6.45) is 0. The van der Waals surface area contributed by atoms with Gasteiger partial charge in [0.05, 0.1) is 55.8 Å². The number of hydrogen-bond donors (Lipinski definition) is 0. The molecular weight excluding hydrogens is 1060 g/mol. The number of rotatable bonds is 12. The molecule has 4 heterocycles. The second kappa shape index (κ2) is 20.4. The Kier molecular flexibility index (Phi) is 11.9. The van der Waals surface area contributed by atoms with Crippen LogP contribution in [0.1, 0.15) is 50.7 Å². The summed E-state index contributed by atoms with van der Waals surface area (Å²) in [4.78, 5) is 5.11. The van der Waals surface area contributed by atoms with Crippen LogP contribution in [0.4, 0.5) is 34.1 Å². The zero-order valence-electron chi connectivity index (χ0n) is 49.7. The fourth-order valence-electron chi connectivity index (χ4n) is 14.5. The molecule has 0 radical (unpaired) electrons. The predicted octanol–water partition coefficient (Wildman–Crippen LogP) is 23.8. The van der Waals surface area contributed by atoms with E-state index < -0.39 is 0 Å². The number of fused-ring (bicyclic) bond motifs is 12. The molecule has 0 amide bonds. The van der Waals surface area contributed by atoms with Crippen molar-refractivity contribution in [3.63, 3.8) is 0 Å². The van der Waals surface area contributed by atoms with Crippen molar-refractivity contribution in [3.8, 4) is 44.5 Å². The van der Waals surface area contributed by atoms with Gasteiger partial charge in [-0.25, -0.2) is 0 Å². The second-order valence-corrected chi connectivity index (χ2v) is 24.4. The fraction of sp³-hybridized carbons (Fsp3) is 0.0714. The minimum absolute atomic E-state index is 0.324. The van der Waals surface area contributed by atoms with Gasteiger partial charge in [-0.2, -0.15) is 0 Å². The Bertz CT molecular complexity index is 5160. The molecule has 0 bridgehead atoms. The lowest BCUT2D eigenvalue weighted by Crippen LogP contribution is -2.12. The van der Waals surface area contributed by atoms with Crippen molar-refractivity contribution in [2.45, 2.75) is 39.5 Å². The van der Waals surface area contributed by atoms with Gasteiger partial charge in [0, 0.05) is 65.6 Å². The first kappa shape index (κ1) is 51.5. The normalized spacial score (nSPS) is 12.1. The minimum atomic E-state index is 0.324. The van der Waals surface area contributed by atoms with Gasteiger partial charge >= 0.3 is 0 Å². The highest BCUT2D eigenvalue weighted by atomic mass is 15.2. The summed E-state index contributed by atoms with van der Waals surface area (Å²) in [7, 11) is 0. The number of anilines is 6. The molecule has 0 spiro atoms. The Labute approximate surface area is 512 Å². The molecule has 4 heteroatoms. The average Bonchev–Trinajstić information content (AvgIpc) is 1.55. The molecule has 418 valence electrons. The summed E-state index contributed by atoms with van der Waals surface area (Å²) in [5, 5.41) is 9.85. The van der Waals surface area contributed by atoms with Gasteiger partial charge in [-0.1, -0.05) is 246 Å². The third kappa shape index (κ3) is 7.99. The van der Waals surface area contributed by atoms with Crippen LogP contribution in [0.5, 0.6) is 0 Å². The lowest BCUT2D eigenvalue weighted by atomic mass is 9.94. The Morgan fingerprint density at radius 3 is 1.01 bits per heavy atom. The predicted molar refractivity (Wildman–Crippen MR) is 375 cm³/mol. The Balaban J connectivity index is 0.938. The zero-order valence-corrected chi connectivity index (χ0v) is 49.7. The van der Waals surface area contributed by atoms with Crippen LogP contribution in [0.15, 0.2) is 291 Å². The molecule has 0 atom stereocenters. The smallest absolute Gasteiger partial charge is 0.0641 e. The van der Waals surface area contributed by atoms with Gasteiger partial charge in [0.2, 0.25) is 0 Å². The maximum Gasteiger partial charge on any atom is 0.0641 e. The van der Waals surface area contributed by atoms with Gasteiger partial charge < -0.3 is 18.6 Å². The molecule has 0 unspecified atom stereocenters. The maximum absolute atomic E-state index is 2.58. The van der Waals surface area contributed by atoms with Crippen LogP contribution in [-0.4, -0.2) is 8.80 Å². The molecule has 0 N–H and O–H groups in total. The van der Waals surface area contributed by atoms with E-state index in [9.17, 15) is 0 Å². The summed E-state index contributed by atoms with van der Waals surface area (Å²) in [5.74, 6) is 0.647. The van der Waals surface area contributed by atoms with Gasteiger partial charge in [-0.05, 0) is 129 Å². The molecule has 17 aromatic rings. The highest BCUT2D eigenvalue weighted by Gasteiger charge is 2.30. The SMILES string of the molecule is CC(C)c1ccc(-c2ccccc2)c(N(c2cccc(-c3ccccc3)c2)c2ccc3c4cc5c(cc4n4c6ccccc6c2c34)c2ccc(N(c3cccc(-c4ccccc4)c3)c3cc(C(C)C)ccc3-c3ccccc3)c3c4ccccc4n5c23)c1. The van der Waals surface area contributed by atoms with Crippen LogP contribution in [0, 0.1) is 0 Å². The van der Waals surface area contributed by atoms with Crippen LogP contribution in [0.25, 0.3) is 121 Å². The van der Waals surface area contributed by atoms with Crippen molar-refractivity contribution in [2.24, 2.45) is 0 Å². The molecule has 4 aromatic heterocycles. The van der Waals surface area contributed by atoms with Crippen LogP contribution in [0.3, 0.4) is 0 Å². The zero-order chi connectivity index (χ0) is 58.7. The Hall–Kier alpha value is -10.9. The van der Waals surface area contributed by atoms with E-state index in [2.05, 4.69) is 337 Å². The molecule has 0 aliphatic heterocycles. The molecule has 0 aliphatic rings. The van der Waals surface area contributed by atoms with Crippen molar-refractivity contribution < 1.29 is 0 Å². The third-order valence-corrected chi connectivity index (χ3v) is 18.7. The van der Waals surface area contributed by atoms with E-state index in [-0.39, 0.29) is 0 Å². The summed E-state index contributed by atoms with van der Waals surface area (Å²) < 4.78 is 5.15. The van der Waals surface area contributed by atoms with Crippen LogP contribution < -0.4 is 9.80 Å². The Morgan fingerprint density at radius 2 is 0.614 bits per heavy atom. The van der Waals surface area contributed by atoms with Crippen LogP contribution in [0.2, 0.25) is 0 Å². The standard InChI is InChI=1S/C84H62N4/c1-53(2)59-39-41-65(57-27-13-7-14-28-57)77(49-59)85(63-33-21-31-61(47-63)55-23-9-5-10-24-55)75-45-43-67-71-51-80-72(52-79(71)87-73-37-19-17-35-69(73)81(75)83(67)87)68-44-46-76(82-70-36-18-20-38-74(70)88(80)84(68)82)86(64-34-22-32-62(48-64)56-25-11-6-12-26-56)78-50-60(54(3)4)40-42-66(78)58-29-15-8-16-30-58/h5-54H,1-4H3. The molecule has 0 saturated heterocycles. The first-order valence-electron chi connectivity index (χ1n) is 31.0. The van der Waals surface area contributed by atoms with E-state index in [4.69, 9.17) is 0 Å². The maximum atomic E-state index is 2.58. The lowest BCUT2D eigenvalue weighted by molar-refractivity contribution is 0.866. The van der Waals surface area contributed by atoms with Crippen molar-refractivity contribution in [3.05, 3.63) is 302 Å². The van der Waals surface area contributed by atoms with E-state index in [1.54, 1.807) is 0 Å². The third-order valence-electron chi connectivity index (χ3n) is 18.7. The van der Waals surface area contributed by atoms with Gasteiger partial charge in [-0.15, -0.1) is 0 Å². The van der Waals surface area contributed by atoms with E-state index in [0.717, 1.165) is 34.1 Å². The van der Waals surface area contributed by atoms with Gasteiger partial charge in [-0.3, -0.25) is 0 Å². The lowest BCUT2D eigenvalue weighted by Gasteiger charge is -2.30. The highest BCUT2D eigenvalue weighted by Crippen LogP contribution is 2.54. The fourth-order valence-corrected chi connectivity index (χ4v) is 14.5. The van der Waals surface area contributed by atoms with E-state index in [0.29, 0.717) is 11.8 Å². The minimum Gasteiger partial charge on any atom is -0.309 e. The number of benzene rings is 13. The largest absolute Gasteiger partial charge is 0.309 e. The first-order chi connectivity index (χ1) is 43.3. The molecule has 17 rings (SSSR count). The molecule has 0 saturated carbocycles. The average molecular weight is 1130 g/mol. The van der Waals surface area contributed by atoms with Crippen LogP contribution >= 0.6 is 0 Å². The Morgan fingerprint density at radius 1 is 0.250 bits per heavy atom. The summed E-state index contributed by atoms with van der Waals surface area (Å²) in [6, 6.07) is 109. The van der Waals surface area contributed by atoms with Crippen LogP contribution in [-0.2, 0) is 0 Å². The first-order valence-corrected chi connectivity index (χ1v) is 31.0.